The van der Waals surface area contributed by atoms with Crippen molar-refractivity contribution in [3.63, 3.8) is 0 Å². The zero-order valence-electron chi connectivity index (χ0n) is 12.3. The minimum atomic E-state index is -3.51. The van der Waals surface area contributed by atoms with Gasteiger partial charge in [-0.15, -0.1) is 0 Å². The number of rotatable bonds is 6. The van der Waals surface area contributed by atoms with Crippen LogP contribution >= 0.6 is 0 Å². The number of aromatic nitrogens is 1. The Morgan fingerprint density at radius 3 is 2.62 bits per heavy atom. The lowest BCUT2D eigenvalue weighted by Gasteiger charge is -2.08. The number of nitrogens with zero attached hydrogens (tertiary/aromatic N) is 2. The standard InChI is InChI=1S/C14H19N3O3S/c1-11-5-4-6-12(16-11)9-15-10-13-7-8-14(20-13)21(18,19)17(2)3/h4-8,15H,9-10H2,1-3H3. The van der Waals surface area contributed by atoms with E-state index in [1.54, 1.807) is 6.07 Å². The van der Waals surface area contributed by atoms with Gasteiger partial charge in [0.1, 0.15) is 5.76 Å². The van der Waals surface area contributed by atoms with E-state index in [1.165, 1.54) is 20.2 Å². The summed E-state index contributed by atoms with van der Waals surface area (Å²) in [5.74, 6) is 0.572. The lowest BCUT2D eigenvalue weighted by atomic mass is 10.3. The maximum Gasteiger partial charge on any atom is 0.275 e. The molecule has 0 fully saturated rings. The highest BCUT2D eigenvalue weighted by Crippen LogP contribution is 2.16. The molecule has 0 bridgehead atoms. The zero-order chi connectivity index (χ0) is 15.5. The Morgan fingerprint density at radius 2 is 1.95 bits per heavy atom. The van der Waals surface area contributed by atoms with Crippen molar-refractivity contribution in [2.75, 3.05) is 14.1 Å². The number of hydrogen-bond donors (Lipinski definition) is 1. The highest BCUT2D eigenvalue weighted by Gasteiger charge is 2.21. The summed E-state index contributed by atoms with van der Waals surface area (Å²) in [4.78, 5) is 4.38. The first-order chi connectivity index (χ1) is 9.89. The molecule has 0 unspecified atom stereocenters. The molecular formula is C14H19N3O3S. The van der Waals surface area contributed by atoms with Gasteiger partial charge in [0.05, 0.1) is 12.2 Å². The summed E-state index contributed by atoms with van der Waals surface area (Å²) in [6.07, 6.45) is 0. The fraction of sp³-hybridized carbons (Fsp3) is 0.357. The Balaban J connectivity index is 1.95. The fourth-order valence-electron chi connectivity index (χ4n) is 1.78. The van der Waals surface area contributed by atoms with Crippen molar-refractivity contribution in [2.45, 2.75) is 25.1 Å². The van der Waals surface area contributed by atoms with E-state index in [9.17, 15) is 8.42 Å². The van der Waals surface area contributed by atoms with Gasteiger partial charge in [0.15, 0.2) is 0 Å². The average Bonchev–Trinajstić information content (AvgIpc) is 2.88. The molecule has 21 heavy (non-hydrogen) atoms. The summed E-state index contributed by atoms with van der Waals surface area (Å²) in [5.41, 5.74) is 1.90. The van der Waals surface area contributed by atoms with Crippen LogP contribution in [0.2, 0.25) is 0 Å². The molecule has 1 N–H and O–H groups in total. The molecule has 0 atom stereocenters. The van der Waals surface area contributed by atoms with Gasteiger partial charge in [0.25, 0.3) is 10.0 Å². The first-order valence-corrected chi connectivity index (χ1v) is 7.98. The molecule has 0 aliphatic carbocycles. The van der Waals surface area contributed by atoms with E-state index in [1.807, 2.05) is 25.1 Å². The van der Waals surface area contributed by atoms with Crippen LogP contribution < -0.4 is 5.32 Å². The molecule has 0 saturated carbocycles. The van der Waals surface area contributed by atoms with E-state index in [4.69, 9.17) is 4.42 Å². The van der Waals surface area contributed by atoms with Gasteiger partial charge in [-0.25, -0.2) is 12.7 Å². The minimum absolute atomic E-state index is 0.0435. The van der Waals surface area contributed by atoms with Crippen molar-refractivity contribution < 1.29 is 12.8 Å². The normalized spacial score (nSPS) is 12.0. The topological polar surface area (TPSA) is 75.4 Å². The maximum absolute atomic E-state index is 11.9. The summed E-state index contributed by atoms with van der Waals surface area (Å²) in [5, 5.41) is 3.13. The number of sulfonamides is 1. The predicted molar refractivity (Wildman–Crippen MR) is 79.1 cm³/mol. The van der Waals surface area contributed by atoms with Gasteiger partial charge in [0.2, 0.25) is 5.09 Å². The monoisotopic (exact) mass is 309 g/mol. The van der Waals surface area contributed by atoms with E-state index in [0.717, 1.165) is 15.7 Å². The second kappa shape index (κ2) is 6.38. The molecule has 0 aliphatic heterocycles. The third-order valence-electron chi connectivity index (χ3n) is 2.92. The molecule has 114 valence electrons. The van der Waals surface area contributed by atoms with Crippen molar-refractivity contribution in [1.82, 2.24) is 14.6 Å². The molecule has 2 aromatic heterocycles. The van der Waals surface area contributed by atoms with E-state index in [0.29, 0.717) is 18.8 Å². The lowest BCUT2D eigenvalue weighted by molar-refractivity contribution is 0.388. The molecule has 0 saturated heterocycles. The van der Waals surface area contributed by atoms with Crippen molar-refractivity contribution >= 4 is 10.0 Å². The van der Waals surface area contributed by atoms with Crippen LogP contribution in [-0.2, 0) is 23.1 Å². The van der Waals surface area contributed by atoms with Crippen LogP contribution in [0.5, 0.6) is 0 Å². The summed E-state index contributed by atoms with van der Waals surface area (Å²) in [6, 6.07) is 8.96. The van der Waals surface area contributed by atoms with Crippen LogP contribution in [0.15, 0.2) is 39.8 Å². The average molecular weight is 309 g/mol. The molecule has 0 radical (unpaired) electrons. The van der Waals surface area contributed by atoms with Crippen LogP contribution in [0.1, 0.15) is 17.1 Å². The van der Waals surface area contributed by atoms with E-state index in [2.05, 4.69) is 10.3 Å². The van der Waals surface area contributed by atoms with Gasteiger partial charge in [-0.2, -0.15) is 0 Å². The Morgan fingerprint density at radius 1 is 1.19 bits per heavy atom. The smallest absolute Gasteiger partial charge is 0.275 e. The molecule has 0 spiro atoms. The fourth-order valence-corrected chi connectivity index (χ4v) is 2.60. The number of nitrogens with one attached hydrogen (secondary N) is 1. The van der Waals surface area contributed by atoms with E-state index >= 15 is 0 Å². The number of aryl methyl sites for hydroxylation is 1. The summed E-state index contributed by atoms with van der Waals surface area (Å²) in [7, 11) is -0.570. The first-order valence-electron chi connectivity index (χ1n) is 6.54. The van der Waals surface area contributed by atoms with Crippen molar-refractivity contribution in [3.05, 3.63) is 47.5 Å². The predicted octanol–water partition coefficient (Wildman–Crippen LogP) is 1.52. The quantitative estimate of drug-likeness (QED) is 0.875. The molecule has 0 aliphatic rings. The molecule has 2 heterocycles. The van der Waals surface area contributed by atoms with E-state index < -0.39 is 10.0 Å². The van der Waals surface area contributed by atoms with Gasteiger partial charge in [-0.3, -0.25) is 4.98 Å². The van der Waals surface area contributed by atoms with Gasteiger partial charge >= 0.3 is 0 Å². The second-order valence-electron chi connectivity index (χ2n) is 4.88. The summed E-state index contributed by atoms with van der Waals surface area (Å²) >= 11 is 0. The molecule has 0 aromatic carbocycles. The summed E-state index contributed by atoms with van der Waals surface area (Å²) < 4.78 is 30.2. The highest BCUT2D eigenvalue weighted by atomic mass is 32.2. The second-order valence-corrected chi connectivity index (χ2v) is 6.96. The molecule has 7 heteroatoms. The molecule has 6 nitrogen and oxygen atoms in total. The molecule has 0 amide bonds. The minimum Gasteiger partial charge on any atom is -0.447 e. The van der Waals surface area contributed by atoms with E-state index in [-0.39, 0.29) is 5.09 Å². The number of furan rings is 1. The lowest BCUT2D eigenvalue weighted by Crippen LogP contribution is -2.21. The third kappa shape index (κ3) is 3.90. The van der Waals surface area contributed by atoms with Gasteiger partial charge in [0, 0.05) is 26.3 Å². The molecule has 2 rings (SSSR count). The first kappa shape index (κ1) is 15.7. The van der Waals surface area contributed by atoms with Gasteiger partial charge in [-0.05, 0) is 31.2 Å². The zero-order valence-corrected chi connectivity index (χ0v) is 13.1. The Hall–Kier alpha value is -1.70. The highest BCUT2D eigenvalue weighted by molar-refractivity contribution is 7.88. The Labute approximate surface area is 124 Å². The van der Waals surface area contributed by atoms with Crippen molar-refractivity contribution in [1.29, 1.82) is 0 Å². The Bertz CT molecular complexity index is 708. The molecule has 2 aromatic rings. The van der Waals surface area contributed by atoms with Crippen LogP contribution in [-0.4, -0.2) is 31.8 Å². The third-order valence-corrected chi connectivity index (χ3v) is 4.61. The summed E-state index contributed by atoms with van der Waals surface area (Å²) in [6.45, 7) is 2.98. The van der Waals surface area contributed by atoms with Crippen molar-refractivity contribution in [3.8, 4) is 0 Å². The largest absolute Gasteiger partial charge is 0.447 e. The van der Waals surface area contributed by atoms with Crippen LogP contribution in [0.25, 0.3) is 0 Å². The maximum atomic E-state index is 11.9. The van der Waals surface area contributed by atoms with Crippen LogP contribution in [0.3, 0.4) is 0 Å². The number of pyridine rings is 1. The van der Waals surface area contributed by atoms with Gasteiger partial charge in [-0.1, -0.05) is 6.07 Å². The van der Waals surface area contributed by atoms with Crippen molar-refractivity contribution in [2.24, 2.45) is 0 Å². The number of hydrogen-bond acceptors (Lipinski definition) is 5. The molecular weight excluding hydrogens is 290 g/mol. The van der Waals surface area contributed by atoms with Crippen LogP contribution in [0.4, 0.5) is 0 Å². The van der Waals surface area contributed by atoms with Gasteiger partial charge < -0.3 is 9.73 Å². The Kier molecular flexibility index (Phi) is 4.76. The SMILES string of the molecule is Cc1cccc(CNCc2ccc(S(=O)(=O)N(C)C)o2)n1. The van der Waals surface area contributed by atoms with Crippen LogP contribution in [0, 0.1) is 6.92 Å².